The Morgan fingerprint density at radius 1 is 1.14 bits per heavy atom. The molecule has 2 aliphatic rings. The van der Waals surface area contributed by atoms with Gasteiger partial charge in [0.15, 0.2) is 11.5 Å². The van der Waals surface area contributed by atoms with Crippen molar-refractivity contribution in [2.75, 3.05) is 20.2 Å². The smallest absolute Gasteiger partial charge is 0.253 e. The predicted octanol–water partition coefficient (Wildman–Crippen LogP) is 3.78. The molecule has 154 valence electrons. The van der Waals surface area contributed by atoms with Gasteiger partial charge in [-0.15, -0.1) is 0 Å². The highest BCUT2D eigenvalue weighted by atomic mass is 35.5. The van der Waals surface area contributed by atoms with Crippen molar-refractivity contribution in [3.8, 4) is 11.5 Å². The van der Waals surface area contributed by atoms with Gasteiger partial charge in [0, 0.05) is 18.7 Å². The minimum absolute atomic E-state index is 0.0619. The lowest BCUT2D eigenvalue weighted by molar-refractivity contribution is -0.0240. The van der Waals surface area contributed by atoms with Crippen molar-refractivity contribution >= 4 is 17.5 Å². The van der Waals surface area contributed by atoms with E-state index in [4.69, 9.17) is 21.1 Å². The summed E-state index contributed by atoms with van der Waals surface area (Å²) in [6, 6.07) is 11.4. The number of aliphatic hydroxyl groups excluding tert-OH is 1. The van der Waals surface area contributed by atoms with Gasteiger partial charge >= 0.3 is 0 Å². The number of nitrogens with zero attached hydrogens (tertiary/aromatic N) is 1. The maximum Gasteiger partial charge on any atom is 0.253 e. The third-order valence-electron chi connectivity index (χ3n) is 5.89. The van der Waals surface area contributed by atoms with E-state index >= 15 is 0 Å². The summed E-state index contributed by atoms with van der Waals surface area (Å²) < 4.78 is 24.8. The normalized spacial score (nSPS) is 26.1. The second kappa shape index (κ2) is 8.20. The molecule has 4 atom stereocenters. The van der Waals surface area contributed by atoms with Crippen LogP contribution in [0.3, 0.4) is 0 Å². The van der Waals surface area contributed by atoms with Crippen molar-refractivity contribution in [1.29, 1.82) is 0 Å². The molecular weight excluding hydrogens is 397 g/mol. The van der Waals surface area contributed by atoms with Crippen LogP contribution in [0.5, 0.6) is 11.5 Å². The van der Waals surface area contributed by atoms with Gasteiger partial charge in [0.1, 0.15) is 11.9 Å². The molecule has 2 aromatic rings. The number of methoxy groups -OCH3 is 1. The van der Waals surface area contributed by atoms with Crippen molar-refractivity contribution in [2.24, 2.45) is 11.8 Å². The molecule has 1 aliphatic heterocycles. The molecule has 0 bridgehead atoms. The Labute approximate surface area is 174 Å². The molecule has 0 radical (unpaired) electrons. The van der Waals surface area contributed by atoms with Gasteiger partial charge in [-0.25, -0.2) is 4.39 Å². The van der Waals surface area contributed by atoms with Crippen LogP contribution >= 0.6 is 11.6 Å². The van der Waals surface area contributed by atoms with Crippen LogP contribution in [0.4, 0.5) is 4.39 Å². The molecule has 2 aromatic carbocycles. The molecule has 0 aromatic heterocycles. The number of carbonyl (C=O) groups is 1. The zero-order chi connectivity index (χ0) is 20.5. The van der Waals surface area contributed by atoms with Crippen molar-refractivity contribution in [3.63, 3.8) is 0 Å². The lowest BCUT2D eigenvalue weighted by Crippen LogP contribution is -2.42. The molecule has 0 spiro atoms. The molecule has 1 saturated heterocycles. The minimum Gasteiger partial charge on any atom is -0.493 e. The van der Waals surface area contributed by atoms with Gasteiger partial charge in [-0.3, -0.25) is 4.79 Å². The Kier molecular flexibility index (Phi) is 5.65. The number of aliphatic hydroxyl groups is 1. The number of para-hydroxylation sites is 2. The summed E-state index contributed by atoms with van der Waals surface area (Å²) in [4.78, 5) is 14.6. The van der Waals surface area contributed by atoms with Crippen LogP contribution in [-0.4, -0.2) is 48.3 Å². The number of hydrogen-bond acceptors (Lipinski definition) is 4. The van der Waals surface area contributed by atoms with Crippen LogP contribution in [-0.2, 0) is 0 Å². The SMILES string of the molecule is COc1ccccc1O[C@@H]1C[C@@H]2CN(C(=O)c3ccc(F)c(Cl)c3)C[C@@H]2C[C@H]1O. The van der Waals surface area contributed by atoms with E-state index in [9.17, 15) is 14.3 Å². The van der Waals surface area contributed by atoms with E-state index in [0.717, 1.165) is 0 Å². The molecule has 1 amide bonds. The minimum atomic E-state index is -0.614. The molecule has 29 heavy (non-hydrogen) atoms. The van der Waals surface area contributed by atoms with Crippen LogP contribution < -0.4 is 9.47 Å². The van der Waals surface area contributed by atoms with Crippen LogP contribution in [0.1, 0.15) is 23.2 Å². The van der Waals surface area contributed by atoms with Crippen LogP contribution in [0, 0.1) is 17.7 Å². The van der Waals surface area contributed by atoms with Gasteiger partial charge < -0.3 is 19.5 Å². The van der Waals surface area contributed by atoms with Gasteiger partial charge in [0.2, 0.25) is 0 Å². The second-order valence-corrected chi connectivity index (χ2v) is 8.11. The van der Waals surface area contributed by atoms with Gasteiger partial charge in [-0.05, 0) is 55.0 Å². The first-order valence-electron chi connectivity index (χ1n) is 9.68. The first-order valence-corrected chi connectivity index (χ1v) is 10.1. The van der Waals surface area contributed by atoms with Crippen molar-refractivity contribution in [1.82, 2.24) is 4.90 Å². The van der Waals surface area contributed by atoms with E-state index in [-0.39, 0.29) is 28.9 Å². The fourth-order valence-corrected chi connectivity index (χ4v) is 4.55. The number of hydrogen-bond donors (Lipinski definition) is 1. The zero-order valence-corrected chi connectivity index (χ0v) is 16.8. The molecule has 4 rings (SSSR count). The fraction of sp³-hybridized carbons (Fsp3) is 0.409. The number of likely N-dealkylation sites (tertiary alicyclic amines) is 1. The van der Waals surface area contributed by atoms with Crippen molar-refractivity contribution in [2.45, 2.75) is 25.0 Å². The van der Waals surface area contributed by atoms with Gasteiger partial charge in [-0.2, -0.15) is 0 Å². The standard InChI is InChI=1S/C22H23ClFNO4/c1-28-19-4-2-3-5-20(19)29-21-10-15-12-25(11-14(15)9-18(21)26)22(27)13-6-7-17(24)16(23)8-13/h2-8,14-15,18,21,26H,9-12H2,1H3/t14-,15+,18+,21+/m0/s1. The first-order chi connectivity index (χ1) is 14.0. The summed E-state index contributed by atoms with van der Waals surface area (Å²) in [5, 5.41) is 10.6. The van der Waals surface area contributed by atoms with E-state index in [1.165, 1.54) is 18.2 Å². The molecule has 2 fully saturated rings. The summed E-state index contributed by atoms with van der Waals surface area (Å²) >= 11 is 5.82. The highest BCUT2D eigenvalue weighted by Gasteiger charge is 2.44. The average molecular weight is 420 g/mol. The number of fused-ring (bicyclic) bond motifs is 1. The monoisotopic (exact) mass is 419 g/mol. The van der Waals surface area contributed by atoms with E-state index < -0.39 is 11.9 Å². The molecule has 1 N–H and O–H groups in total. The number of amides is 1. The Balaban J connectivity index is 1.44. The van der Waals surface area contributed by atoms with Crippen molar-refractivity contribution in [3.05, 3.63) is 58.9 Å². The largest absolute Gasteiger partial charge is 0.493 e. The van der Waals surface area contributed by atoms with Crippen LogP contribution in [0.15, 0.2) is 42.5 Å². The van der Waals surface area contributed by atoms with E-state index in [1.54, 1.807) is 12.0 Å². The summed E-state index contributed by atoms with van der Waals surface area (Å²) in [5.74, 6) is 0.957. The number of ether oxygens (including phenoxy) is 2. The van der Waals surface area contributed by atoms with Gasteiger partial charge in [-0.1, -0.05) is 23.7 Å². The summed E-state index contributed by atoms with van der Waals surface area (Å²) in [6.07, 6.45) is 0.246. The van der Waals surface area contributed by atoms with E-state index in [2.05, 4.69) is 0 Å². The Morgan fingerprint density at radius 3 is 2.52 bits per heavy atom. The molecule has 1 heterocycles. The molecule has 7 heteroatoms. The predicted molar refractivity (Wildman–Crippen MR) is 107 cm³/mol. The molecule has 5 nitrogen and oxygen atoms in total. The molecule has 1 saturated carbocycles. The summed E-state index contributed by atoms with van der Waals surface area (Å²) in [7, 11) is 1.58. The Morgan fingerprint density at radius 2 is 1.83 bits per heavy atom. The third kappa shape index (κ3) is 4.05. The average Bonchev–Trinajstić information content (AvgIpc) is 3.13. The highest BCUT2D eigenvalue weighted by Crippen LogP contribution is 2.39. The number of rotatable bonds is 4. The summed E-state index contributed by atoms with van der Waals surface area (Å²) in [5.41, 5.74) is 0.373. The maximum atomic E-state index is 13.4. The topological polar surface area (TPSA) is 59.0 Å². The third-order valence-corrected chi connectivity index (χ3v) is 6.18. The lowest BCUT2D eigenvalue weighted by Gasteiger charge is -2.35. The number of benzene rings is 2. The Bertz CT molecular complexity index is 908. The molecular formula is C22H23ClFNO4. The van der Waals surface area contributed by atoms with Gasteiger partial charge in [0.25, 0.3) is 5.91 Å². The van der Waals surface area contributed by atoms with E-state index in [1.807, 2.05) is 24.3 Å². The summed E-state index contributed by atoms with van der Waals surface area (Å²) in [6.45, 7) is 1.15. The lowest BCUT2D eigenvalue weighted by atomic mass is 9.78. The molecule has 1 aliphatic carbocycles. The zero-order valence-electron chi connectivity index (χ0n) is 16.1. The number of carbonyl (C=O) groups excluding carboxylic acids is 1. The van der Waals surface area contributed by atoms with Crippen LogP contribution in [0.25, 0.3) is 0 Å². The second-order valence-electron chi connectivity index (χ2n) is 7.71. The van der Waals surface area contributed by atoms with Gasteiger partial charge in [0.05, 0.1) is 18.2 Å². The first kappa shape index (κ1) is 20.0. The van der Waals surface area contributed by atoms with E-state index in [0.29, 0.717) is 43.0 Å². The quantitative estimate of drug-likeness (QED) is 0.819. The molecule has 0 unspecified atom stereocenters. The number of halogens is 2. The maximum absolute atomic E-state index is 13.4. The van der Waals surface area contributed by atoms with Crippen LogP contribution in [0.2, 0.25) is 5.02 Å². The highest BCUT2D eigenvalue weighted by molar-refractivity contribution is 6.31. The fourth-order valence-electron chi connectivity index (χ4n) is 4.37. The Hall–Kier alpha value is -2.31. The van der Waals surface area contributed by atoms with Crippen molar-refractivity contribution < 1.29 is 23.8 Å².